The molecule has 0 aliphatic carbocycles. The van der Waals surface area contributed by atoms with Crippen molar-refractivity contribution < 1.29 is 0 Å². The standard InChI is InChI=1S/C6H10N2/c1-5-3-6(2)8-7-4-5/h3-4,6,8H,1-2H3. The Bertz CT molecular complexity index is 135. The summed E-state index contributed by atoms with van der Waals surface area (Å²) < 4.78 is 0. The highest BCUT2D eigenvalue weighted by molar-refractivity contribution is 5.78. The van der Waals surface area contributed by atoms with E-state index in [1.807, 2.05) is 13.1 Å². The molecule has 1 rings (SSSR count). The predicted molar refractivity (Wildman–Crippen MR) is 34.8 cm³/mol. The van der Waals surface area contributed by atoms with Crippen molar-refractivity contribution in [2.75, 3.05) is 0 Å². The van der Waals surface area contributed by atoms with Crippen LogP contribution < -0.4 is 5.43 Å². The number of nitrogens with one attached hydrogen (secondary N) is 1. The Kier molecular flexibility index (Phi) is 1.33. The molecule has 2 nitrogen and oxygen atoms in total. The molecule has 0 aromatic heterocycles. The highest BCUT2D eigenvalue weighted by Gasteiger charge is 1.97. The van der Waals surface area contributed by atoms with Crippen molar-refractivity contribution in [1.82, 2.24) is 5.43 Å². The van der Waals surface area contributed by atoms with Crippen LogP contribution in [0.5, 0.6) is 0 Å². The SMILES string of the molecule is CC1=CC(C)NN=C1. The van der Waals surface area contributed by atoms with Gasteiger partial charge in [0.2, 0.25) is 0 Å². The molecule has 2 heteroatoms. The molecule has 0 bridgehead atoms. The van der Waals surface area contributed by atoms with Crippen LogP contribution in [0.3, 0.4) is 0 Å². The van der Waals surface area contributed by atoms with E-state index in [1.165, 1.54) is 5.57 Å². The maximum atomic E-state index is 3.90. The first-order valence-corrected chi connectivity index (χ1v) is 2.76. The molecule has 0 aromatic carbocycles. The normalized spacial score (nSPS) is 26.8. The largest absolute Gasteiger partial charge is 0.303 e. The molecule has 1 aliphatic heterocycles. The molecule has 0 saturated carbocycles. The Labute approximate surface area is 49.3 Å². The van der Waals surface area contributed by atoms with Crippen LogP contribution in [0.2, 0.25) is 0 Å². The second-order valence-electron chi connectivity index (χ2n) is 2.09. The van der Waals surface area contributed by atoms with E-state index in [0.717, 1.165) is 0 Å². The molecule has 0 fully saturated rings. The zero-order valence-corrected chi connectivity index (χ0v) is 5.18. The van der Waals surface area contributed by atoms with Crippen LogP contribution in [0, 0.1) is 0 Å². The van der Waals surface area contributed by atoms with E-state index < -0.39 is 0 Å². The highest BCUT2D eigenvalue weighted by Crippen LogP contribution is 1.96. The molecule has 0 radical (unpaired) electrons. The fraction of sp³-hybridized carbons (Fsp3) is 0.500. The zero-order valence-electron chi connectivity index (χ0n) is 5.18. The van der Waals surface area contributed by atoms with Crippen molar-refractivity contribution in [2.45, 2.75) is 19.9 Å². The molecule has 0 spiro atoms. The van der Waals surface area contributed by atoms with E-state index in [4.69, 9.17) is 0 Å². The maximum Gasteiger partial charge on any atom is 0.0598 e. The molecule has 44 valence electrons. The first kappa shape index (κ1) is 5.35. The molecule has 0 amide bonds. The molecule has 1 unspecified atom stereocenters. The van der Waals surface area contributed by atoms with Gasteiger partial charge in [0, 0.05) is 6.21 Å². The van der Waals surface area contributed by atoms with Crippen LogP contribution in [0.15, 0.2) is 16.8 Å². The first-order chi connectivity index (χ1) is 3.79. The van der Waals surface area contributed by atoms with Crippen LogP contribution in [0.25, 0.3) is 0 Å². The Balaban J connectivity index is 2.63. The third-order valence-corrected chi connectivity index (χ3v) is 1.06. The number of nitrogens with zero attached hydrogens (tertiary/aromatic N) is 1. The minimum absolute atomic E-state index is 0.403. The number of hydrogen-bond acceptors (Lipinski definition) is 2. The molecule has 8 heavy (non-hydrogen) atoms. The van der Waals surface area contributed by atoms with E-state index in [-0.39, 0.29) is 0 Å². The van der Waals surface area contributed by atoms with Gasteiger partial charge < -0.3 is 5.43 Å². The van der Waals surface area contributed by atoms with Gasteiger partial charge in [-0.2, -0.15) is 5.10 Å². The van der Waals surface area contributed by atoms with Gasteiger partial charge in [-0.05, 0) is 19.4 Å². The van der Waals surface area contributed by atoms with Crippen LogP contribution >= 0.6 is 0 Å². The van der Waals surface area contributed by atoms with Crippen LogP contribution in [-0.2, 0) is 0 Å². The van der Waals surface area contributed by atoms with Gasteiger partial charge in [-0.1, -0.05) is 6.08 Å². The molecule has 1 heterocycles. The fourth-order valence-corrected chi connectivity index (χ4v) is 0.731. The van der Waals surface area contributed by atoms with E-state index in [0.29, 0.717) is 6.04 Å². The smallest absolute Gasteiger partial charge is 0.0598 e. The third-order valence-electron chi connectivity index (χ3n) is 1.06. The summed E-state index contributed by atoms with van der Waals surface area (Å²) in [4.78, 5) is 0. The van der Waals surface area contributed by atoms with Gasteiger partial charge in [-0.15, -0.1) is 0 Å². The minimum Gasteiger partial charge on any atom is -0.303 e. The van der Waals surface area contributed by atoms with Crippen molar-refractivity contribution in [3.05, 3.63) is 11.6 Å². The zero-order chi connectivity index (χ0) is 5.98. The van der Waals surface area contributed by atoms with Crippen molar-refractivity contribution >= 4 is 6.21 Å². The lowest BCUT2D eigenvalue weighted by Crippen LogP contribution is -2.21. The Morgan fingerprint density at radius 1 is 1.75 bits per heavy atom. The van der Waals surface area contributed by atoms with Gasteiger partial charge >= 0.3 is 0 Å². The lowest BCUT2D eigenvalue weighted by molar-refractivity contribution is 0.664. The van der Waals surface area contributed by atoms with Crippen LogP contribution in [0.4, 0.5) is 0 Å². The number of hydrogen-bond donors (Lipinski definition) is 1. The van der Waals surface area contributed by atoms with Gasteiger partial charge in [0.1, 0.15) is 0 Å². The average Bonchev–Trinajstić information content (AvgIpc) is 1.64. The molecule has 0 saturated heterocycles. The lowest BCUT2D eigenvalue weighted by Gasteiger charge is -2.09. The van der Waals surface area contributed by atoms with E-state index in [2.05, 4.69) is 23.5 Å². The summed E-state index contributed by atoms with van der Waals surface area (Å²) in [5.41, 5.74) is 4.14. The molecule has 0 aromatic rings. The van der Waals surface area contributed by atoms with Gasteiger partial charge in [0.15, 0.2) is 0 Å². The summed E-state index contributed by atoms with van der Waals surface area (Å²) in [6.45, 7) is 4.11. The van der Waals surface area contributed by atoms with Gasteiger partial charge in [0.25, 0.3) is 0 Å². The third kappa shape index (κ3) is 1.09. The summed E-state index contributed by atoms with van der Waals surface area (Å²) in [5, 5.41) is 3.90. The van der Waals surface area contributed by atoms with E-state index in [9.17, 15) is 0 Å². The van der Waals surface area contributed by atoms with Gasteiger partial charge in [-0.3, -0.25) is 0 Å². The summed E-state index contributed by atoms with van der Waals surface area (Å²) >= 11 is 0. The van der Waals surface area contributed by atoms with E-state index in [1.54, 1.807) is 0 Å². The summed E-state index contributed by atoms with van der Waals surface area (Å²) in [5.74, 6) is 0. The van der Waals surface area contributed by atoms with Gasteiger partial charge in [-0.25, -0.2) is 0 Å². The van der Waals surface area contributed by atoms with Crippen LogP contribution in [0.1, 0.15) is 13.8 Å². The molecular weight excluding hydrogens is 100 g/mol. The quantitative estimate of drug-likeness (QED) is 0.492. The first-order valence-electron chi connectivity index (χ1n) is 2.76. The second kappa shape index (κ2) is 1.99. The van der Waals surface area contributed by atoms with Gasteiger partial charge in [0.05, 0.1) is 6.04 Å². The van der Waals surface area contributed by atoms with Crippen molar-refractivity contribution in [3.8, 4) is 0 Å². The number of rotatable bonds is 0. The summed E-state index contributed by atoms with van der Waals surface area (Å²) in [7, 11) is 0. The van der Waals surface area contributed by atoms with Crippen molar-refractivity contribution in [1.29, 1.82) is 0 Å². The van der Waals surface area contributed by atoms with Crippen molar-refractivity contribution in [2.24, 2.45) is 5.10 Å². The topological polar surface area (TPSA) is 24.4 Å². The van der Waals surface area contributed by atoms with Crippen LogP contribution in [-0.4, -0.2) is 12.3 Å². The average molecular weight is 110 g/mol. The fourth-order valence-electron chi connectivity index (χ4n) is 0.731. The Hall–Kier alpha value is -0.790. The molecular formula is C6H10N2. The number of hydrazone groups is 1. The number of allylic oxidation sites excluding steroid dienone is 1. The highest BCUT2D eigenvalue weighted by atomic mass is 15.3. The molecule has 1 N–H and O–H groups in total. The predicted octanol–water partition coefficient (Wildman–Crippen LogP) is 0.910. The van der Waals surface area contributed by atoms with Crippen molar-refractivity contribution in [3.63, 3.8) is 0 Å². The summed E-state index contributed by atoms with van der Waals surface area (Å²) in [6.07, 6.45) is 3.95. The van der Waals surface area contributed by atoms with E-state index >= 15 is 0 Å². The molecule has 1 aliphatic rings. The minimum atomic E-state index is 0.403. The Morgan fingerprint density at radius 3 is 2.88 bits per heavy atom. The summed E-state index contributed by atoms with van der Waals surface area (Å²) in [6, 6.07) is 0.403. The maximum absolute atomic E-state index is 3.90. The lowest BCUT2D eigenvalue weighted by atomic mass is 10.2. The molecule has 1 atom stereocenters. The monoisotopic (exact) mass is 110 g/mol. The Morgan fingerprint density at radius 2 is 2.50 bits per heavy atom. The second-order valence-corrected chi connectivity index (χ2v) is 2.09.